The van der Waals surface area contributed by atoms with Crippen molar-refractivity contribution in [2.45, 2.75) is 63.3 Å². The number of aryl methyl sites for hydroxylation is 1. The van der Waals surface area contributed by atoms with Crippen LogP contribution in [0.3, 0.4) is 0 Å². The van der Waals surface area contributed by atoms with Gasteiger partial charge in [-0.1, -0.05) is 19.1 Å². The van der Waals surface area contributed by atoms with Crippen molar-refractivity contribution in [1.82, 2.24) is 20.6 Å². The highest BCUT2D eigenvalue weighted by Crippen LogP contribution is 2.52. The largest absolute Gasteiger partial charge is 0.325 e. The lowest BCUT2D eigenvalue weighted by Crippen LogP contribution is -2.43. The molecule has 1 atom stereocenters. The molecule has 1 saturated heterocycles. The van der Waals surface area contributed by atoms with Crippen molar-refractivity contribution in [3.63, 3.8) is 0 Å². The second kappa shape index (κ2) is 7.31. The van der Waals surface area contributed by atoms with Gasteiger partial charge in [-0.3, -0.25) is 0 Å². The molecular weight excluding hydrogens is 370 g/mol. The van der Waals surface area contributed by atoms with Crippen LogP contribution in [0.2, 0.25) is 0 Å². The standard InChI is InChI=1S/C25H33N5/c1-17-5-8-20-22(17)24(29-16-28-20)30-15-25(9-11-26-12-10-25)23-19(3-2-4-21(23)30)14-27-13-18-6-7-18/h2-4,16-18,26-27H,5-15H2,1H3/t17-/m1/s1. The third kappa shape index (κ3) is 3.05. The minimum Gasteiger partial charge on any atom is -0.325 e. The number of fused-ring (bicyclic) bond motifs is 3. The molecule has 0 bridgehead atoms. The van der Waals surface area contributed by atoms with Crippen LogP contribution in [0.5, 0.6) is 0 Å². The summed E-state index contributed by atoms with van der Waals surface area (Å²) in [6.45, 7) is 7.76. The van der Waals surface area contributed by atoms with Crippen molar-refractivity contribution >= 4 is 11.5 Å². The molecular formula is C25H33N5. The number of hydrogen-bond acceptors (Lipinski definition) is 5. The third-order valence-corrected chi connectivity index (χ3v) is 7.92. The minimum atomic E-state index is 0.234. The first-order valence-electron chi connectivity index (χ1n) is 11.9. The maximum atomic E-state index is 4.87. The summed E-state index contributed by atoms with van der Waals surface area (Å²) >= 11 is 0. The summed E-state index contributed by atoms with van der Waals surface area (Å²) < 4.78 is 0. The Bertz CT molecular complexity index is 945. The van der Waals surface area contributed by atoms with E-state index in [4.69, 9.17) is 4.98 Å². The topological polar surface area (TPSA) is 53.1 Å². The van der Waals surface area contributed by atoms with Crippen molar-refractivity contribution in [2.75, 3.05) is 31.1 Å². The fourth-order valence-electron chi connectivity index (χ4n) is 6.11. The minimum absolute atomic E-state index is 0.234. The molecule has 1 aromatic carbocycles. The Morgan fingerprint density at radius 2 is 2.03 bits per heavy atom. The Hall–Kier alpha value is -1.98. The zero-order chi connectivity index (χ0) is 20.1. The van der Waals surface area contributed by atoms with E-state index < -0.39 is 0 Å². The Labute approximate surface area is 179 Å². The Kier molecular flexibility index (Phi) is 4.57. The summed E-state index contributed by atoms with van der Waals surface area (Å²) in [5.74, 6) is 2.63. The number of piperidine rings is 1. The number of nitrogens with one attached hydrogen (secondary N) is 2. The van der Waals surface area contributed by atoms with Gasteiger partial charge in [0.2, 0.25) is 0 Å². The lowest BCUT2D eigenvalue weighted by molar-refractivity contribution is 0.327. The van der Waals surface area contributed by atoms with Gasteiger partial charge in [-0.05, 0) is 87.2 Å². The van der Waals surface area contributed by atoms with Crippen LogP contribution in [0.25, 0.3) is 0 Å². The number of aromatic nitrogens is 2. The molecule has 3 heterocycles. The van der Waals surface area contributed by atoms with Gasteiger partial charge in [-0.2, -0.15) is 0 Å². The van der Waals surface area contributed by atoms with Gasteiger partial charge in [-0.15, -0.1) is 0 Å². The maximum absolute atomic E-state index is 4.87. The smallest absolute Gasteiger partial charge is 0.140 e. The predicted molar refractivity (Wildman–Crippen MR) is 120 cm³/mol. The first-order chi connectivity index (χ1) is 14.8. The second-order valence-corrected chi connectivity index (χ2v) is 10.00. The predicted octanol–water partition coefficient (Wildman–Crippen LogP) is 3.80. The summed E-state index contributed by atoms with van der Waals surface area (Å²) in [7, 11) is 0. The quantitative estimate of drug-likeness (QED) is 0.795. The van der Waals surface area contributed by atoms with Crippen LogP contribution in [0.4, 0.5) is 11.5 Å². The van der Waals surface area contributed by atoms with Gasteiger partial charge < -0.3 is 15.5 Å². The van der Waals surface area contributed by atoms with Crippen molar-refractivity contribution in [2.24, 2.45) is 5.92 Å². The Morgan fingerprint density at radius 1 is 1.17 bits per heavy atom. The molecule has 2 aliphatic heterocycles. The van der Waals surface area contributed by atoms with Gasteiger partial charge >= 0.3 is 0 Å². The third-order valence-electron chi connectivity index (χ3n) is 7.92. The molecule has 6 rings (SSSR count). The molecule has 1 aromatic heterocycles. The molecule has 2 aliphatic carbocycles. The van der Waals surface area contributed by atoms with Crippen LogP contribution >= 0.6 is 0 Å². The van der Waals surface area contributed by atoms with Crippen molar-refractivity contribution in [3.05, 3.63) is 46.9 Å². The average molecular weight is 404 g/mol. The molecule has 0 unspecified atom stereocenters. The van der Waals surface area contributed by atoms with E-state index >= 15 is 0 Å². The summed E-state index contributed by atoms with van der Waals surface area (Å²) in [5.41, 5.74) is 7.37. The number of benzene rings is 1. The molecule has 0 radical (unpaired) electrons. The fourth-order valence-corrected chi connectivity index (χ4v) is 6.11. The van der Waals surface area contributed by atoms with Crippen molar-refractivity contribution in [1.29, 1.82) is 0 Å². The van der Waals surface area contributed by atoms with E-state index in [-0.39, 0.29) is 5.41 Å². The summed E-state index contributed by atoms with van der Waals surface area (Å²) in [5, 5.41) is 7.36. The number of anilines is 2. The highest BCUT2D eigenvalue weighted by molar-refractivity contribution is 5.75. The molecule has 4 aliphatic rings. The summed E-state index contributed by atoms with van der Waals surface area (Å²) in [6.07, 6.45) is 9.30. The SMILES string of the molecule is C[C@@H]1CCc2ncnc(N3CC4(CCNCC4)c4c(CNCC5CC5)cccc43)c21. The monoisotopic (exact) mass is 403 g/mol. The fraction of sp³-hybridized carbons (Fsp3) is 0.600. The lowest BCUT2D eigenvalue weighted by Gasteiger charge is -2.36. The number of hydrogen-bond donors (Lipinski definition) is 2. The molecule has 30 heavy (non-hydrogen) atoms. The van der Waals surface area contributed by atoms with Gasteiger partial charge in [0, 0.05) is 35.4 Å². The van der Waals surface area contributed by atoms with Crippen LogP contribution in [-0.2, 0) is 18.4 Å². The van der Waals surface area contributed by atoms with Crippen LogP contribution in [0, 0.1) is 5.92 Å². The average Bonchev–Trinajstić information content (AvgIpc) is 3.45. The Morgan fingerprint density at radius 3 is 2.87 bits per heavy atom. The van der Waals surface area contributed by atoms with Crippen LogP contribution < -0.4 is 15.5 Å². The molecule has 2 N–H and O–H groups in total. The van der Waals surface area contributed by atoms with Crippen molar-refractivity contribution in [3.8, 4) is 0 Å². The van der Waals surface area contributed by atoms with E-state index in [1.165, 1.54) is 67.0 Å². The zero-order valence-electron chi connectivity index (χ0n) is 18.1. The van der Waals surface area contributed by atoms with E-state index in [1.807, 2.05) is 0 Å². The first kappa shape index (κ1) is 18.8. The molecule has 2 aromatic rings. The number of nitrogens with zero attached hydrogens (tertiary/aromatic N) is 3. The zero-order valence-corrected chi connectivity index (χ0v) is 18.1. The van der Waals surface area contributed by atoms with Gasteiger partial charge in [0.1, 0.15) is 12.1 Å². The highest BCUT2D eigenvalue weighted by atomic mass is 15.2. The van der Waals surface area contributed by atoms with E-state index in [1.54, 1.807) is 11.9 Å². The second-order valence-electron chi connectivity index (χ2n) is 10.00. The molecule has 2 fully saturated rings. The maximum Gasteiger partial charge on any atom is 0.140 e. The van der Waals surface area contributed by atoms with Crippen LogP contribution in [0.1, 0.15) is 67.3 Å². The van der Waals surface area contributed by atoms with Gasteiger partial charge in [0.25, 0.3) is 0 Å². The van der Waals surface area contributed by atoms with Gasteiger partial charge in [-0.25, -0.2) is 9.97 Å². The molecule has 1 saturated carbocycles. The molecule has 158 valence electrons. The van der Waals surface area contributed by atoms with Crippen LogP contribution in [-0.4, -0.2) is 36.1 Å². The lowest BCUT2D eigenvalue weighted by atomic mass is 9.73. The normalized spacial score (nSPS) is 24.3. The van der Waals surface area contributed by atoms with E-state index in [0.29, 0.717) is 5.92 Å². The van der Waals surface area contributed by atoms with Crippen molar-refractivity contribution < 1.29 is 0 Å². The van der Waals surface area contributed by atoms with Crippen LogP contribution in [0.15, 0.2) is 24.5 Å². The van der Waals surface area contributed by atoms with Gasteiger partial charge in [0.15, 0.2) is 0 Å². The van der Waals surface area contributed by atoms with Gasteiger partial charge in [0.05, 0.1) is 0 Å². The molecule has 5 heteroatoms. The Balaban J connectivity index is 1.42. The first-order valence-corrected chi connectivity index (χ1v) is 11.9. The summed E-state index contributed by atoms with van der Waals surface area (Å²) in [4.78, 5) is 12.0. The molecule has 0 amide bonds. The highest BCUT2D eigenvalue weighted by Gasteiger charge is 2.46. The van der Waals surface area contributed by atoms with E-state index in [2.05, 4.69) is 45.6 Å². The summed E-state index contributed by atoms with van der Waals surface area (Å²) in [6, 6.07) is 6.95. The van der Waals surface area contributed by atoms with E-state index in [0.717, 1.165) is 38.5 Å². The van der Waals surface area contributed by atoms with E-state index in [9.17, 15) is 0 Å². The molecule has 1 spiro atoms. The molecule has 5 nitrogen and oxygen atoms in total. The number of rotatable bonds is 5.